The molecule has 0 fully saturated rings. The average Bonchev–Trinajstić information content (AvgIpc) is 2.78. The minimum atomic E-state index is -0.381. The van der Waals surface area contributed by atoms with Crippen LogP contribution in [0.4, 0.5) is 4.39 Å². The first-order valence-electron chi connectivity index (χ1n) is 6.70. The number of benzene rings is 1. The standard InChI is InChI=1S/C15H16BrFN2O2/c1-2-21-14(20)7-6-11-4-3-5-12(8-11)10-19-15(16)13(17)9-18-19/h3-5,8-9H,2,6-7,10H2,1H3. The highest BCUT2D eigenvalue weighted by atomic mass is 79.9. The van der Waals surface area contributed by atoms with Crippen molar-refractivity contribution in [2.75, 3.05) is 6.61 Å². The summed E-state index contributed by atoms with van der Waals surface area (Å²) in [6, 6.07) is 7.82. The van der Waals surface area contributed by atoms with E-state index in [-0.39, 0.29) is 11.8 Å². The second-order valence-corrected chi connectivity index (χ2v) is 5.32. The number of nitrogens with zero attached hydrogens (tertiary/aromatic N) is 2. The van der Waals surface area contributed by atoms with E-state index in [1.54, 1.807) is 11.6 Å². The van der Waals surface area contributed by atoms with Crippen LogP contribution in [0.1, 0.15) is 24.5 Å². The molecule has 0 saturated carbocycles. The lowest BCUT2D eigenvalue weighted by molar-refractivity contribution is -0.143. The van der Waals surface area contributed by atoms with E-state index in [1.807, 2.05) is 24.3 Å². The molecule has 0 radical (unpaired) electrons. The van der Waals surface area contributed by atoms with Crippen molar-refractivity contribution < 1.29 is 13.9 Å². The minimum absolute atomic E-state index is 0.195. The molecule has 112 valence electrons. The van der Waals surface area contributed by atoms with Crippen molar-refractivity contribution in [1.82, 2.24) is 9.78 Å². The normalized spacial score (nSPS) is 10.6. The van der Waals surface area contributed by atoms with Crippen molar-refractivity contribution in [3.05, 3.63) is 52.0 Å². The largest absolute Gasteiger partial charge is 0.466 e. The Hall–Kier alpha value is -1.69. The maximum absolute atomic E-state index is 13.2. The van der Waals surface area contributed by atoms with E-state index in [0.29, 0.717) is 30.6 Å². The molecule has 0 bridgehead atoms. The van der Waals surface area contributed by atoms with Crippen LogP contribution in [0.15, 0.2) is 35.1 Å². The van der Waals surface area contributed by atoms with Crippen molar-refractivity contribution in [3.63, 3.8) is 0 Å². The van der Waals surface area contributed by atoms with E-state index >= 15 is 0 Å². The Labute approximate surface area is 131 Å². The van der Waals surface area contributed by atoms with Gasteiger partial charge in [-0.2, -0.15) is 5.10 Å². The predicted molar refractivity (Wildman–Crippen MR) is 80.4 cm³/mol. The third-order valence-corrected chi connectivity index (χ3v) is 3.77. The Balaban J connectivity index is 2.01. The minimum Gasteiger partial charge on any atom is -0.466 e. The SMILES string of the molecule is CCOC(=O)CCc1cccc(Cn2ncc(F)c2Br)c1. The van der Waals surface area contributed by atoms with Gasteiger partial charge in [0, 0.05) is 6.42 Å². The number of aromatic nitrogens is 2. The first-order valence-corrected chi connectivity index (χ1v) is 7.49. The van der Waals surface area contributed by atoms with Gasteiger partial charge in [-0.3, -0.25) is 9.48 Å². The summed E-state index contributed by atoms with van der Waals surface area (Å²) in [7, 11) is 0. The lowest BCUT2D eigenvalue weighted by Crippen LogP contribution is -2.06. The smallest absolute Gasteiger partial charge is 0.306 e. The zero-order chi connectivity index (χ0) is 15.2. The molecule has 0 spiro atoms. The molecule has 2 aromatic rings. The summed E-state index contributed by atoms with van der Waals surface area (Å²) in [5.74, 6) is -0.576. The van der Waals surface area contributed by atoms with Crippen LogP contribution in [0.25, 0.3) is 0 Å². The van der Waals surface area contributed by atoms with Crippen LogP contribution in [-0.4, -0.2) is 22.4 Å². The fraction of sp³-hybridized carbons (Fsp3) is 0.333. The highest BCUT2D eigenvalue weighted by molar-refractivity contribution is 9.10. The third kappa shape index (κ3) is 4.39. The van der Waals surface area contributed by atoms with Crippen molar-refractivity contribution in [3.8, 4) is 0 Å². The van der Waals surface area contributed by atoms with Gasteiger partial charge in [0.1, 0.15) is 4.60 Å². The Bertz CT molecular complexity index is 628. The van der Waals surface area contributed by atoms with E-state index in [2.05, 4.69) is 21.0 Å². The molecule has 6 heteroatoms. The number of esters is 1. The number of hydrogen-bond acceptors (Lipinski definition) is 3. The molecule has 4 nitrogen and oxygen atoms in total. The van der Waals surface area contributed by atoms with Crippen molar-refractivity contribution in [2.24, 2.45) is 0 Å². The summed E-state index contributed by atoms with van der Waals surface area (Å²) in [6.45, 7) is 2.66. The maximum atomic E-state index is 13.2. The van der Waals surface area contributed by atoms with E-state index in [9.17, 15) is 9.18 Å². The van der Waals surface area contributed by atoms with E-state index in [4.69, 9.17) is 4.74 Å². The van der Waals surface area contributed by atoms with Gasteiger partial charge in [-0.05, 0) is 40.4 Å². The summed E-state index contributed by atoms with van der Waals surface area (Å²) in [5.41, 5.74) is 2.05. The molecule has 1 aromatic heterocycles. The molecule has 1 heterocycles. The monoisotopic (exact) mass is 354 g/mol. The number of carbonyl (C=O) groups excluding carboxylic acids is 1. The predicted octanol–water partition coefficient (Wildman–Crippen LogP) is 3.33. The highest BCUT2D eigenvalue weighted by Gasteiger charge is 2.08. The lowest BCUT2D eigenvalue weighted by atomic mass is 10.1. The molecule has 0 amide bonds. The zero-order valence-corrected chi connectivity index (χ0v) is 13.3. The molecule has 21 heavy (non-hydrogen) atoms. The van der Waals surface area contributed by atoms with Crippen LogP contribution in [-0.2, 0) is 22.5 Å². The van der Waals surface area contributed by atoms with Crippen molar-refractivity contribution in [2.45, 2.75) is 26.3 Å². The second-order valence-electron chi connectivity index (χ2n) is 4.57. The number of halogens is 2. The maximum Gasteiger partial charge on any atom is 0.306 e. The second kappa shape index (κ2) is 7.36. The molecule has 0 aliphatic heterocycles. The van der Waals surface area contributed by atoms with Gasteiger partial charge in [-0.15, -0.1) is 0 Å². The number of hydrogen-bond donors (Lipinski definition) is 0. The third-order valence-electron chi connectivity index (χ3n) is 2.98. The number of rotatable bonds is 6. The average molecular weight is 355 g/mol. The van der Waals surface area contributed by atoms with Gasteiger partial charge < -0.3 is 4.74 Å². The zero-order valence-electron chi connectivity index (χ0n) is 11.7. The summed E-state index contributed by atoms with van der Waals surface area (Å²) in [6.07, 6.45) is 2.16. The Morgan fingerprint density at radius 2 is 2.19 bits per heavy atom. The van der Waals surface area contributed by atoms with Gasteiger partial charge in [-0.1, -0.05) is 24.3 Å². The van der Waals surface area contributed by atoms with Crippen LogP contribution in [0, 0.1) is 5.82 Å². The molecule has 2 rings (SSSR count). The fourth-order valence-corrected chi connectivity index (χ4v) is 2.31. The molecule has 0 saturated heterocycles. The van der Waals surface area contributed by atoms with Crippen LogP contribution >= 0.6 is 15.9 Å². The quantitative estimate of drug-likeness (QED) is 0.747. The summed E-state index contributed by atoms with van der Waals surface area (Å²) in [5, 5.41) is 3.96. The fourth-order valence-electron chi connectivity index (χ4n) is 1.99. The van der Waals surface area contributed by atoms with Crippen LogP contribution < -0.4 is 0 Å². The van der Waals surface area contributed by atoms with Gasteiger partial charge >= 0.3 is 5.97 Å². The van der Waals surface area contributed by atoms with Gasteiger partial charge in [0.25, 0.3) is 0 Å². The van der Waals surface area contributed by atoms with E-state index in [0.717, 1.165) is 11.1 Å². The molecule has 0 N–H and O–H groups in total. The summed E-state index contributed by atoms with van der Waals surface area (Å²) < 4.78 is 20.0. The first kappa shape index (κ1) is 15.7. The van der Waals surface area contributed by atoms with Crippen molar-refractivity contribution >= 4 is 21.9 Å². The van der Waals surface area contributed by atoms with E-state index in [1.165, 1.54) is 6.20 Å². The molecule has 0 aliphatic carbocycles. The topological polar surface area (TPSA) is 44.1 Å². The number of carbonyl (C=O) groups is 1. The van der Waals surface area contributed by atoms with Gasteiger partial charge in [0.05, 0.1) is 19.3 Å². The van der Waals surface area contributed by atoms with Gasteiger partial charge in [0.2, 0.25) is 0 Å². The Morgan fingerprint density at radius 1 is 1.43 bits per heavy atom. The van der Waals surface area contributed by atoms with Gasteiger partial charge in [0.15, 0.2) is 5.82 Å². The summed E-state index contributed by atoms with van der Waals surface area (Å²) in [4.78, 5) is 11.4. The summed E-state index contributed by atoms with van der Waals surface area (Å²) >= 11 is 3.16. The number of aryl methyl sites for hydroxylation is 1. The molecule has 1 aromatic carbocycles. The molecule has 0 aliphatic rings. The Morgan fingerprint density at radius 3 is 2.86 bits per heavy atom. The van der Waals surface area contributed by atoms with Crippen LogP contribution in [0.5, 0.6) is 0 Å². The lowest BCUT2D eigenvalue weighted by Gasteiger charge is -2.07. The Kier molecular flexibility index (Phi) is 5.50. The van der Waals surface area contributed by atoms with Crippen molar-refractivity contribution in [1.29, 1.82) is 0 Å². The first-order chi connectivity index (χ1) is 10.1. The molecule has 0 atom stereocenters. The highest BCUT2D eigenvalue weighted by Crippen LogP contribution is 2.16. The molecular weight excluding hydrogens is 339 g/mol. The van der Waals surface area contributed by atoms with Crippen LogP contribution in [0.2, 0.25) is 0 Å². The van der Waals surface area contributed by atoms with Crippen LogP contribution in [0.3, 0.4) is 0 Å². The van der Waals surface area contributed by atoms with E-state index < -0.39 is 0 Å². The van der Waals surface area contributed by atoms with Gasteiger partial charge in [-0.25, -0.2) is 4.39 Å². The molecule has 0 unspecified atom stereocenters. The molecular formula is C15H16BrFN2O2. The number of ether oxygens (including phenoxy) is 1.